The Labute approximate surface area is 180 Å². The zero-order chi connectivity index (χ0) is 21.5. The first-order valence-electron chi connectivity index (χ1n) is 10.1. The molecule has 2 rings (SSSR count). The van der Waals surface area contributed by atoms with Crippen molar-refractivity contribution in [1.29, 1.82) is 0 Å². The van der Waals surface area contributed by atoms with Crippen molar-refractivity contribution in [3.8, 4) is 0 Å². The Morgan fingerprint density at radius 1 is 1.07 bits per heavy atom. The van der Waals surface area contributed by atoms with E-state index < -0.39 is 8.32 Å². The van der Waals surface area contributed by atoms with Crippen molar-refractivity contribution in [3.63, 3.8) is 0 Å². The molecule has 0 atom stereocenters. The lowest BCUT2D eigenvalue weighted by molar-refractivity contribution is 0.147. The highest BCUT2D eigenvalue weighted by molar-refractivity contribution is 9.10. The van der Waals surface area contributed by atoms with Crippen LogP contribution in [0, 0.1) is 5.41 Å². The van der Waals surface area contributed by atoms with Crippen LogP contribution in [0.4, 0.5) is 0 Å². The van der Waals surface area contributed by atoms with E-state index in [9.17, 15) is 5.11 Å². The molecule has 0 bridgehead atoms. The van der Waals surface area contributed by atoms with E-state index in [1.807, 2.05) is 0 Å². The second-order valence-electron chi connectivity index (χ2n) is 11.1. The molecule has 3 nitrogen and oxygen atoms in total. The fourth-order valence-electron chi connectivity index (χ4n) is 3.12. The number of fused-ring (bicyclic) bond motifs is 1. The van der Waals surface area contributed by atoms with Gasteiger partial charge in [-0.2, -0.15) is 0 Å². The number of aliphatic hydroxyl groups is 1. The average molecular weight is 469 g/mol. The average Bonchev–Trinajstić information content (AvgIpc) is 2.90. The Kier molecular flexibility index (Phi) is 6.67. The molecule has 0 amide bonds. The maximum Gasteiger partial charge on any atom is 0.192 e. The zero-order valence-electron chi connectivity index (χ0n) is 19.1. The molecule has 0 spiro atoms. The number of nitrogens with zero attached hydrogens (tertiary/aromatic N) is 1. The van der Waals surface area contributed by atoms with Gasteiger partial charge in [0.2, 0.25) is 0 Å². The molecular formula is C23H38BrNO2Si. The summed E-state index contributed by atoms with van der Waals surface area (Å²) in [5.41, 5.74) is 2.12. The molecule has 0 saturated heterocycles. The van der Waals surface area contributed by atoms with E-state index >= 15 is 0 Å². The van der Waals surface area contributed by atoms with Crippen molar-refractivity contribution in [2.75, 3.05) is 13.2 Å². The molecule has 28 heavy (non-hydrogen) atoms. The lowest BCUT2D eigenvalue weighted by atomic mass is 9.85. The Balaban J connectivity index is 2.36. The molecule has 0 aliphatic heterocycles. The number of rotatable bonds is 7. The van der Waals surface area contributed by atoms with Crippen LogP contribution in [0.5, 0.6) is 0 Å². The molecule has 0 unspecified atom stereocenters. The van der Waals surface area contributed by atoms with Crippen molar-refractivity contribution in [3.05, 3.63) is 34.4 Å². The highest BCUT2D eigenvalue weighted by Gasteiger charge is 2.38. The molecule has 0 aliphatic rings. The molecule has 0 aliphatic carbocycles. The van der Waals surface area contributed by atoms with E-state index in [1.54, 1.807) is 0 Å². The Morgan fingerprint density at radius 3 is 2.21 bits per heavy atom. The van der Waals surface area contributed by atoms with Crippen molar-refractivity contribution < 1.29 is 9.53 Å². The molecule has 1 N–H and O–H groups in total. The predicted octanol–water partition coefficient (Wildman–Crippen LogP) is 6.72. The number of halogens is 1. The maximum atomic E-state index is 9.92. The van der Waals surface area contributed by atoms with E-state index in [1.165, 1.54) is 16.5 Å². The molecule has 0 saturated carbocycles. The second-order valence-corrected chi connectivity index (χ2v) is 16.8. The van der Waals surface area contributed by atoms with Crippen molar-refractivity contribution in [2.24, 2.45) is 5.41 Å². The number of benzene rings is 1. The van der Waals surface area contributed by atoms with Crippen LogP contribution in [-0.4, -0.2) is 31.2 Å². The van der Waals surface area contributed by atoms with Crippen molar-refractivity contribution in [1.82, 2.24) is 4.57 Å². The number of hydrogen-bond acceptors (Lipinski definition) is 2. The first-order chi connectivity index (χ1) is 12.6. The normalized spacial score (nSPS) is 14.1. The maximum absolute atomic E-state index is 9.92. The molecule has 2 aromatic rings. The fourth-order valence-corrected chi connectivity index (χ4v) is 4.65. The molecule has 5 heteroatoms. The van der Waals surface area contributed by atoms with E-state index in [4.69, 9.17) is 4.43 Å². The van der Waals surface area contributed by atoms with Gasteiger partial charge in [-0.25, -0.2) is 0 Å². The first-order valence-corrected chi connectivity index (χ1v) is 13.8. The van der Waals surface area contributed by atoms with Gasteiger partial charge in [-0.05, 0) is 35.8 Å². The summed E-state index contributed by atoms with van der Waals surface area (Å²) in [5.74, 6) is 0. The third-order valence-corrected chi connectivity index (χ3v) is 11.2. The number of hydrogen-bond donors (Lipinski definition) is 1. The summed E-state index contributed by atoms with van der Waals surface area (Å²) in [4.78, 5) is 0. The summed E-state index contributed by atoms with van der Waals surface area (Å²) in [6.07, 6.45) is 2.22. The molecule has 1 heterocycles. The number of aromatic nitrogens is 1. The van der Waals surface area contributed by atoms with Crippen LogP contribution in [-0.2, 0) is 16.4 Å². The third kappa shape index (κ3) is 5.10. The van der Waals surface area contributed by atoms with Gasteiger partial charge < -0.3 is 14.1 Å². The molecule has 158 valence electrons. The second kappa shape index (κ2) is 7.90. The smallest absolute Gasteiger partial charge is 0.192 e. The minimum atomic E-state index is -1.77. The SMILES string of the molecule is CC(C)(CO[Si](C)(C)C(C)(C)C)Cn1cc(C(C)(C)CO)c2ccc(Br)cc21. The van der Waals surface area contributed by atoms with Crippen LogP contribution in [0.2, 0.25) is 18.1 Å². The van der Waals surface area contributed by atoms with Crippen LogP contribution >= 0.6 is 15.9 Å². The quantitative estimate of drug-likeness (QED) is 0.458. The lowest BCUT2D eigenvalue weighted by Crippen LogP contribution is -2.43. The van der Waals surface area contributed by atoms with Crippen molar-refractivity contribution in [2.45, 2.75) is 78.6 Å². The summed E-state index contributed by atoms with van der Waals surface area (Å²) in [6.45, 7) is 22.0. The van der Waals surface area contributed by atoms with Gasteiger partial charge in [0.1, 0.15) is 0 Å². The largest absolute Gasteiger partial charge is 0.416 e. The lowest BCUT2D eigenvalue weighted by Gasteiger charge is -2.39. The Hall–Kier alpha value is -0.623. The van der Waals surface area contributed by atoms with Crippen LogP contribution in [0.25, 0.3) is 10.9 Å². The first kappa shape index (κ1) is 23.7. The van der Waals surface area contributed by atoms with E-state index in [0.717, 1.165) is 17.6 Å². The van der Waals surface area contributed by atoms with Gasteiger partial charge in [-0.1, -0.05) is 70.5 Å². The van der Waals surface area contributed by atoms with Crippen molar-refractivity contribution >= 4 is 35.2 Å². The molecule has 0 radical (unpaired) electrons. The zero-order valence-corrected chi connectivity index (χ0v) is 21.7. The van der Waals surface area contributed by atoms with Crippen LogP contribution in [0.15, 0.2) is 28.9 Å². The molecule has 1 aromatic carbocycles. The van der Waals surface area contributed by atoms with Gasteiger partial charge in [0, 0.05) is 45.6 Å². The Morgan fingerprint density at radius 2 is 1.68 bits per heavy atom. The topological polar surface area (TPSA) is 34.4 Å². The summed E-state index contributed by atoms with van der Waals surface area (Å²) >= 11 is 3.62. The van der Waals surface area contributed by atoms with Gasteiger partial charge in [-0.15, -0.1) is 0 Å². The van der Waals surface area contributed by atoms with Crippen LogP contribution in [0.1, 0.15) is 54.0 Å². The van der Waals surface area contributed by atoms with E-state index in [-0.39, 0.29) is 22.5 Å². The van der Waals surface area contributed by atoms with Gasteiger partial charge in [0.25, 0.3) is 0 Å². The molecule has 0 fully saturated rings. The monoisotopic (exact) mass is 467 g/mol. The minimum Gasteiger partial charge on any atom is -0.416 e. The summed E-state index contributed by atoms with van der Waals surface area (Å²) in [5, 5.41) is 11.3. The van der Waals surface area contributed by atoms with Gasteiger partial charge in [0.05, 0.1) is 6.61 Å². The third-order valence-electron chi connectivity index (χ3n) is 6.20. The molecule has 1 aromatic heterocycles. The predicted molar refractivity (Wildman–Crippen MR) is 127 cm³/mol. The minimum absolute atomic E-state index is 0.00438. The molecular weight excluding hydrogens is 430 g/mol. The van der Waals surface area contributed by atoms with Gasteiger partial charge in [0.15, 0.2) is 8.32 Å². The number of aliphatic hydroxyl groups excluding tert-OH is 1. The summed E-state index contributed by atoms with van der Waals surface area (Å²) < 4.78 is 9.95. The highest BCUT2D eigenvalue weighted by atomic mass is 79.9. The highest BCUT2D eigenvalue weighted by Crippen LogP contribution is 2.39. The van der Waals surface area contributed by atoms with Gasteiger partial charge in [-0.3, -0.25) is 0 Å². The summed E-state index contributed by atoms with van der Waals surface area (Å²) in [7, 11) is -1.77. The standard InChI is InChI=1S/C23H38BrNO2Si/c1-21(2,3)28(8,9)27-16-22(4,5)14-25-13-19(23(6,7)15-26)18-11-10-17(24)12-20(18)25/h10-13,26H,14-16H2,1-9H3. The Bertz CT molecular complexity index is 831. The summed E-state index contributed by atoms with van der Waals surface area (Å²) in [6, 6.07) is 6.41. The van der Waals surface area contributed by atoms with Gasteiger partial charge >= 0.3 is 0 Å². The van der Waals surface area contributed by atoms with Crippen LogP contribution in [0.3, 0.4) is 0 Å². The van der Waals surface area contributed by atoms with E-state index in [0.29, 0.717) is 0 Å². The van der Waals surface area contributed by atoms with Crippen LogP contribution < -0.4 is 0 Å². The van der Waals surface area contributed by atoms with E-state index in [2.05, 4.69) is 106 Å². The fraction of sp³-hybridized carbons (Fsp3) is 0.652.